The molecule has 1 aliphatic rings. The predicted octanol–water partition coefficient (Wildman–Crippen LogP) is 1.46. The first-order chi connectivity index (χ1) is 6.75. The van der Waals surface area contributed by atoms with Crippen LogP contribution in [0.25, 0.3) is 0 Å². The number of anilines is 1. The molecule has 1 aromatic rings. The molecule has 0 spiro atoms. The first-order valence-corrected chi connectivity index (χ1v) is 5.05. The Hall–Kier alpha value is -0.870. The molecule has 1 fully saturated rings. The molecule has 2 rings (SSSR count). The molecule has 1 aliphatic carbocycles. The van der Waals surface area contributed by atoms with Gasteiger partial charge in [-0.15, -0.1) is 0 Å². The van der Waals surface area contributed by atoms with E-state index >= 15 is 0 Å². The average Bonchev–Trinajstić information content (AvgIpc) is 2.52. The van der Waals surface area contributed by atoms with Crippen molar-refractivity contribution in [2.75, 3.05) is 5.32 Å². The van der Waals surface area contributed by atoms with Crippen LogP contribution < -0.4 is 5.32 Å². The Morgan fingerprint density at radius 2 is 2.29 bits per heavy atom. The van der Waals surface area contributed by atoms with Gasteiger partial charge in [-0.1, -0.05) is 11.6 Å². The molecule has 14 heavy (non-hydrogen) atoms. The molecule has 0 aliphatic heterocycles. The number of nitrogens with one attached hydrogen (secondary N) is 1. The van der Waals surface area contributed by atoms with E-state index in [4.69, 9.17) is 11.6 Å². The summed E-state index contributed by atoms with van der Waals surface area (Å²) in [5.74, 6) is 0.628. The molecular weight excluding hydrogens is 202 g/mol. The lowest BCUT2D eigenvalue weighted by Crippen LogP contribution is -2.28. The summed E-state index contributed by atoms with van der Waals surface area (Å²) in [5.41, 5.74) is 0. The maximum atomic E-state index is 9.58. The van der Waals surface area contributed by atoms with Crippen LogP contribution in [0, 0.1) is 0 Å². The van der Waals surface area contributed by atoms with Crippen LogP contribution in [0.3, 0.4) is 0 Å². The second-order valence-electron chi connectivity index (χ2n) is 3.48. The van der Waals surface area contributed by atoms with E-state index in [0.717, 1.165) is 19.3 Å². The average molecular weight is 214 g/mol. The van der Waals surface area contributed by atoms with Gasteiger partial charge in [-0.05, 0) is 19.3 Å². The van der Waals surface area contributed by atoms with Gasteiger partial charge >= 0.3 is 0 Å². The van der Waals surface area contributed by atoms with Crippen molar-refractivity contribution in [1.29, 1.82) is 0 Å². The minimum atomic E-state index is -0.282. The first-order valence-electron chi connectivity index (χ1n) is 4.68. The highest BCUT2D eigenvalue weighted by Gasteiger charge is 2.25. The van der Waals surface area contributed by atoms with Gasteiger partial charge < -0.3 is 10.4 Å². The highest BCUT2D eigenvalue weighted by molar-refractivity contribution is 6.29. The van der Waals surface area contributed by atoms with E-state index in [1.54, 1.807) is 6.20 Å². The van der Waals surface area contributed by atoms with Crippen LogP contribution in [-0.2, 0) is 0 Å². The van der Waals surface area contributed by atoms with E-state index in [9.17, 15) is 5.11 Å². The Kier molecular flexibility index (Phi) is 2.84. The lowest BCUT2D eigenvalue weighted by atomic mass is 10.2. The zero-order chi connectivity index (χ0) is 9.97. The van der Waals surface area contributed by atoms with E-state index in [0.29, 0.717) is 11.0 Å². The van der Waals surface area contributed by atoms with Crippen molar-refractivity contribution in [3.05, 3.63) is 17.5 Å². The van der Waals surface area contributed by atoms with Crippen LogP contribution in [0.4, 0.5) is 5.82 Å². The summed E-state index contributed by atoms with van der Waals surface area (Å²) < 4.78 is 0. The zero-order valence-electron chi connectivity index (χ0n) is 7.65. The van der Waals surface area contributed by atoms with Gasteiger partial charge in [0.15, 0.2) is 0 Å². The summed E-state index contributed by atoms with van der Waals surface area (Å²) in [6.45, 7) is 0. The monoisotopic (exact) mass is 213 g/mol. The fraction of sp³-hybridized carbons (Fsp3) is 0.556. The molecule has 0 aromatic carbocycles. The predicted molar refractivity (Wildman–Crippen MR) is 54.3 cm³/mol. The van der Waals surface area contributed by atoms with E-state index in [2.05, 4.69) is 15.3 Å². The maximum absolute atomic E-state index is 9.58. The van der Waals surface area contributed by atoms with Crippen LogP contribution in [0.2, 0.25) is 5.15 Å². The number of hydrogen-bond donors (Lipinski definition) is 2. The summed E-state index contributed by atoms with van der Waals surface area (Å²) in [6, 6.07) is 0.0859. The lowest BCUT2D eigenvalue weighted by Gasteiger charge is -2.16. The summed E-state index contributed by atoms with van der Waals surface area (Å²) in [6.07, 6.45) is 5.68. The van der Waals surface area contributed by atoms with Gasteiger partial charge in [-0.3, -0.25) is 4.98 Å². The Labute approximate surface area is 87.3 Å². The number of aromatic nitrogens is 2. The minimum absolute atomic E-state index is 0.0859. The topological polar surface area (TPSA) is 58.0 Å². The molecule has 2 atom stereocenters. The number of aliphatic hydroxyl groups is 1. The molecule has 0 bridgehead atoms. The minimum Gasteiger partial charge on any atom is -0.391 e. The number of hydrogen-bond acceptors (Lipinski definition) is 4. The van der Waals surface area contributed by atoms with Crippen molar-refractivity contribution in [2.24, 2.45) is 0 Å². The van der Waals surface area contributed by atoms with Gasteiger partial charge in [0, 0.05) is 0 Å². The van der Waals surface area contributed by atoms with Gasteiger partial charge in [0.25, 0.3) is 0 Å². The number of halogens is 1. The fourth-order valence-electron chi connectivity index (χ4n) is 1.71. The SMILES string of the molecule is OC1CCCC1Nc1cncc(Cl)n1. The van der Waals surface area contributed by atoms with Crippen LogP contribution in [0.1, 0.15) is 19.3 Å². The Morgan fingerprint density at radius 1 is 1.43 bits per heavy atom. The number of aliphatic hydroxyl groups excluding tert-OH is 1. The molecule has 2 N–H and O–H groups in total. The molecular formula is C9H12ClN3O. The molecule has 1 heterocycles. The Bertz CT molecular complexity index is 321. The largest absolute Gasteiger partial charge is 0.391 e. The van der Waals surface area contributed by atoms with E-state index in [-0.39, 0.29) is 12.1 Å². The van der Waals surface area contributed by atoms with Gasteiger partial charge in [-0.2, -0.15) is 0 Å². The van der Waals surface area contributed by atoms with Crippen LogP contribution >= 0.6 is 11.6 Å². The molecule has 2 unspecified atom stereocenters. The summed E-state index contributed by atoms with van der Waals surface area (Å²) in [5, 5.41) is 13.1. The van der Waals surface area contributed by atoms with E-state index in [1.165, 1.54) is 6.20 Å². The van der Waals surface area contributed by atoms with Crippen molar-refractivity contribution in [1.82, 2.24) is 9.97 Å². The molecule has 0 amide bonds. The molecule has 5 heteroatoms. The standard InChI is InChI=1S/C9H12ClN3O/c10-8-4-11-5-9(13-8)12-6-2-1-3-7(6)14/h4-7,14H,1-3H2,(H,12,13). The smallest absolute Gasteiger partial charge is 0.149 e. The lowest BCUT2D eigenvalue weighted by molar-refractivity contribution is 0.171. The molecule has 4 nitrogen and oxygen atoms in total. The Morgan fingerprint density at radius 3 is 2.93 bits per heavy atom. The normalized spacial score (nSPS) is 26.4. The highest BCUT2D eigenvalue weighted by Crippen LogP contribution is 2.22. The highest BCUT2D eigenvalue weighted by atomic mass is 35.5. The molecule has 76 valence electrons. The second-order valence-corrected chi connectivity index (χ2v) is 3.86. The summed E-state index contributed by atoms with van der Waals surface area (Å²) in [7, 11) is 0. The zero-order valence-corrected chi connectivity index (χ0v) is 8.41. The third-order valence-electron chi connectivity index (χ3n) is 2.42. The van der Waals surface area contributed by atoms with Gasteiger partial charge in [0.1, 0.15) is 11.0 Å². The second kappa shape index (κ2) is 4.11. The van der Waals surface area contributed by atoms with Crippen molar-refractivity contribution in [3.8, 4) is 0 Å². The van der Waals surface area contributed by atoms with Crippen molar-refractivity contribution in [3.63, 3.8) is 0 Å². The van der Waals surface area contributed by atoms with Gasteiger partial charge in [0.2, 0.25) is 0 Å². The van der Waals surface area contributed by atoms with Crippen molar-refractivity contribution in [2.45, 2.75) is 31.4 Å². The maximum Gasteiger partial charge on any atom is 0.149 e. The van der Waals surface area contributed by atoms with Crippen molar-refractivity contribution >= 4 is 17.4 Å². The third-order valence-corrected chi connectivity index (χ3v) is 2.60. The molecule has 1 saturated carbocycles. The quantitative estimate of drug-likeness (QED) is 0.781. The summed E-state index contributed by atoms with van der Waals surface area (Å²) >= 11 is 5.69. The van der Waals surface area contributed by atoms with E-state index < -0.39 is 0 Å². The van der Waals surface area contributed by atoms with Gasteiger partial charge in [-0.25, -0.2) is 4.98 Å². The third kappa shape index (κ3) is 2.13. The van der Waals surface area contributed by atoms with Crippen molar-refractivity contribution < 1.29 is 5.11 Å². The summed E-state index contributed by atoms with van der Waals surface area (Å²) in [4.78, 5) is 7.96. The molecule has 0 radical (unpaired) electrons. The fourth-order valence-corrected chi connectivity index (χ4v) is 1.86. The van der Waals surface area contributed by atoms with Crippen LogP contribution in [0.15, 0.2) is 12.4 Å². The Balaban J connectivity index is 2.03. The van der Waals surface area contributed by atoms with Crippen LogP contribution in [-0.4, -0.2) is 27.2 Å². The number of nitrogens with zero attached hydrogens (tertiary/aromatic N) is 2. The van der Waals surface area contributed by atoms with Crippen LogP contribution in [0.5, 0.6) is 0 Å². The van der Waals surface area contributed by atoms with Gasteiger partial charge in [0.05, 0.1) is 24.5 Å². The molecule has 1 aromatic heterocycles. The first kappa shape index (κ1) is 9.68. The number of rotatable bonds is 2. The molecule has 0 saturated heterocycles. The van der Waals surface area contributed by atoms with E-state index in [1.807, 2.05) is 0 Å².